The van der Waals surface area contributed by atoms with Gasteiger partial charge in [0.2, 0.25) is 5.91 Å². The van der Waals surface area contributed by atoms with Crippen molar-refractivity contribution in [3.8, 4) is 0 Å². The van der Waals surface area contributed by atoms with Crippen LogP contribution in [0.2, 0.25) is 0 Å². The van der Waals surface area contributed by atoms with E-state index >= 15 is 0 Å². The molecule has 0 aromatic heterocycles. The Morgan fingerprint density at radius 2 is 1.85 bits per heavy atom. The highest BCUT2D eigenvalue weighted by molar-refractivity contribution is 8.00. The first-order valence-corrected chi connectivity index (χ1v) is 9.77. The van der Waals surface area contributed by atoms with Gasteiger partial charge < -0.3 is 9.64 Å². The Kier molecular flexibility index (Phi) is 4.86. The zero-order chi connectivity index (χ0) is 18.8. The molecule has 3 aromatic rings. The fourth-order valence-corrected chi connectivity index (χ4v) is 4.21. The molecule has 1 amide bonds. The lowest BCUT2D eigenvalue weighted by Crippen LogP contribution is -2.30. The van der Waals surface area contributed by atoms with Gasteiger partial charge in [0.05, 0.1) is 18.4 Å². The summed E-state index contributed by atoms with van der Waals surface area (Å²) in [5, 5.41) is 2.37. The Labute approximate surface area is 162 Å². The Morgan fingerprint density at radius 3 is 2.67 bits per heavy atom. The van der Waals surface area contributed by atoms with Gasteiger partial charge in [0.15, 0.2) is 0 Å². The third-order valence-electron chi connectivity index (χ3n) is 4.78. The maximum Gasteiger partial charge on any atom is 0.337 e. The van der Waals surface area contributed by atoms with Crippen LogP contribution in [0.5, 0.6) is 0 Å². The summed E-state index contributed by atoms with van der Waals surface area (Å²) in [6.45, 7) is 0.650. The molecule has 136 valence electrons. The minimum atomic E-state index is -0.352. The fourth-order valence-electron chi connectivity index (χ4n) is 3.39. The van der Waals surface area contributed by atoms with Crippen LogP contribution in [0.25, 0.3) is 10.8 Å². The first kappa shape index (κ1) is 17.6. The van der Waals surface area contributed by atoms with Crippen LogP contribution in [0.1, 0.15) is 15.9 Å². The van der Waals surface area contributed by atoms with Crippen LogP contribution in [0.3, 0.4) is 0 Å². The topological polar surface area (TPSA) is 46.6 Å². The Balaban J connectivity index is 1.46. The number of ether oxygens (including phenoxy) is 1. The number of hydrogen-bond donors (Lipinski definition) is 0. The molecule has 0 saturated heterocycles. The van der Waals surface area contributed by atoms with Crippen molar-refractivity contribution >= 4 is 40.1 Å². The van der Waals surface area contributed by atoms with Crippen LogP contribution in [0, 0.1) is 0 Å². The number of esters is 1. The predicted molar refractivity (Wildman–Crippen MR) is 109 cm³/mol. The normalized spacial score (nSPS) is 12.9. The summed E-state index contributed by atoms with van der Waals surface area (Å²) in [6.07, 6.45) is 0.756. The summed E-state index contributed by atoms with van der Waals surface area (Å²) in [6, 6.07) is 19.8. The summed E-state index contributed by atoms with van der Waals surface area (Å²) < 4.78 is 4.77. The molecule has 0 saturated carbocycles. The van der Waals surface area contributed by atoms with Crippen molar-refractivity contribution in [2.45, 2.75) is 11.3 Å². The predicted octanol–water partition coefficient (Wildman–Crippen LogP) is 4.31. The standard InChI is InChI=1S/C22H19NO3S/c1-26-22(25)18-7-9-20-17(12-18)10-11-23(20)21(24)14-27-19-8-6-15-4-2-3-5-16(15)13-19/h2-9,12-13H,10-11,14H2,1H3. The van der Waals surface area contributed by atoms with Gasteiger partial charge in [-0.05, 0) is 53.1 Å². The highest BCUT2D eigenvalue weighted by Gasteiger charge is 2.25. The molecule has 0 bridgehead atoms. The van der Waals surface area contributed by atoms with Crippen molar-refractivity contribution in [2.24, 2.45) is 0 Å². The van der Waals surface area contributed by atoms with E-state index in [9.17, 15) is 9.59 Å². The van der Waals surface area contributed by atoms with Gasteiger partial charge in [-0.15, -0.1) is 11.8 Å². The number of carbonyl (C=O) groups excluding carboxylic acids is 2. The molecular weight excluding hydrogens is 358 g/mol. The fraction of sp³-hybridized carbons (Fsp3) is 0.182. The maximum atomic E-state index is 12.7. The van der Waals surface area contributed by atoms with Crippen LogP contribution in [-0.2, 0) is 16.0 Å². The molecule has 4 nitrogen and oxygen atoms in total. The van der Waals surface area contributed by atoms with Gasteiger partial charge in [0, 0.05) is 17.1 Å². The molecule has 1 heterocycles. The number of anilines is 1. The molecule has 0 fully saturated rings. The molecule has 0 atom stereocenters. The summed E-state index contributed by atoms with van der Waals surface area (Å²) in [4.78, 5) is 27.3. The summed E-state index contributed by atoms with van der Waals surface area (Å²) in [5.41, 5.74) is 2.44. The van der Waals surface area contributed by atoms with E-state index in [4.69, 9.17) is 4.74 Å². The largest absolute Gasteiger partial charge is 0.465 e. The van der Waals surface area contributed by atoms with Gasteiger partial charge >= 0.3 is 5.97 Å². The lowest BCUT2D eigenvalue weighted by Gasteiger charge is -2.17. The third kappa shape index (κ3) is 3.55. The van der Waals surface area contributed by atoms with Crippen molar-refractivity contribution in [2.75, 3.05) is 24.3 Å². The van der Waals surface area contributed by atoms with E-state index in [2.05, 4.69) is 30.3 Å². The number of hydrogen-bond acceptors (Lipinski definition) is 4. The van der Waals surface area contributed by atoms with Crippen molar-refractivity contribution in [3.05, 3.63) is 71.8 Å². The second kappa shape index (κ2) is 7.45. The second-order valence-corrected chi connectivity index (χ2v) is 7.48. The Morgan fingerprint density at radius 1 is 1.04 bits per heavy atom. The first-order chi connectivity index (χ1) is 13.2. The van der Waals surface area contributed by atoms with Gasteiger partial charge in [-0.2, -0.15) is 0 Å². The molecule has 3 aromatic carbocycles. The summed E-state index contributed by atoms with van der Waals surface area (Å²) in [7, 11) is 1.37. The molecule has 0 radical (unpaired) electrons. The number of fused-ring (bicyclic) bond motifs is 2. The van der Waals surface area contributed by atoms with Crippen LogP contribution in [-0.4, -0.2) is 31.3 Å². The van der Waals surface area contributed by atoms with Gasteiger partial charge in [0.25, 0.3) is 0 Å². The molecule has 4 rings (SSSR count). The quantitative estimate of drug-likeness (QED) is 0.502. The van der Waals surface area contributed by atoms with E-state index in [0.717, 1.165) is 22.6 Å². The SMILES string of the molecule is COC(=O)c1ccc2c(c1)CCN2C(=O)CSc1ccc2ccccc2c1. The molecule has 0 N–H and O–H groups in total. The number of amides is 1. The monoisotopic (exact) mass is 377 g/mol. The van der Waals surface area contributed by atoms with Crippen LogP contribution >= 0.6 is 11.8 Å². The smallest absolute Gasteiger partial charge is 0.337 e. The maximum absolute atomic E-state index is 12.7. The average molecular weight is 377 g/mol. The lowest BCUT2D eigenvalue weighted by atomic mass is 10.1. The average Bonchev–Trinajstić information content (AvgIpc) is 3.14. The van der Waals surface area contributed by atoms with E-state index in [1.807, 2.05) is 29.2 Å². The highest BCUT2D eigenvalue weighted by atomic mass is 32.2. The number of thioether (sulfide) groups is 1. The van der Waals surface area contributed by atoms with Gasteiger partial charge in [-0.3, -0.25) is 4.79 Å². The highest BCUT2D eigenvalue weighted by Crippen LogP contribution is 2.31. The molecule has 1 aliphatic heterocycles. The number of benzene rings is 3. The molecule has 1 aliphatic rings. The Hall–Kier alpha value is -2.79. The van der Waals surface area contributed by atoms with Crippen molar-refractivity contribution in [1.82, 2.24) is 0 Å². The summed E-state index contributed by atoms with van der Waals surface area (Å²) in [5.74, 6) is 0.114. The van der Waals surface area contributed by atoms with E-state index < -0.39 is 0 Å². The van der Waals surface area contributed by atoms with Crippen LogP contribution in [0.15, 0.2) is 65.6 Å². The molecule has 0 unspecified atom stereocenters. The molecular formula is C22H19NO3S. The van der Waals surface area contributed by atoms with Gasteiger partial charge in [0.1, 0.15) is 0 Å². The lowest BCUT2D eigenvalue weighted by molar-refractivity contribution is -0.116. The first-order valence-electron chi connectivity index (χ1n) is 8.79. The van der Waals surface area contributed by atoms with Crippen molar-refractivity contribution in [1.29, 1.82) is 0 Å². The van der Waals surface area contributed by atoms with Crippen LogP contribution < -0.4 is 4.90 Å². The van der Waals surface area contributed by atoms with Crippen LogP contribution in [0.4, 0.5) is 5.69 Å². The molecule has 27 heavy (non-hydrogen) atoms. The third-order valence-corrected chi connectivity index (χ3v) is 5.76. The Bertz CT molecular complexity index is 1030. The zero-order valence-electron chi connectivity index (χ0n) is 15.0. The van der Waals surface area contributed by atoms with E-state index in [1.165, 1.54) is 17.9 Å². The summed E-state index contributed by atoms with van der Waals surface area (Å²) >= 11 is 1.55. The molecule has 0 spiro atoms. The van der Waals surface area contributed by atoms with E-state index in [0.29, 0.717) is 17.9 Å². The zero-order valence-corrected chi connectivity index (χ0v) is 15.8. The number of carbonyl (C=O) groups is 2. The molecule has 5 heteroatoms. The van der Waals surface area contributed by atoms with Gasteiger partial charge in [-0.1, -0.05) is 30.3 Å². The van der Waals surface area contributed by atoms with E-state index in [1.54, 1.807) is 17.8 Å². The van der Waals surface area contributed by atoms with Crippen molar-refractivity contribution in [3.63, 3.8) is 0 Å². The second-order valence-electron chi connectivity index (χ2n) is 6.43. The number of rotatable bonds is 4. The minimum Gasteiger partial charge on any atom is -0.465 e. The number of methoxy groups -OCH3 is 1. The number of nitrogens with zero attached hydrogens (tertiary/aromatic N) is 1. The van der Waals surface area contributed by atoms with Crippen molar-refractivity contribution < 1.29 is 14.3 Å². The van der Waals surface area contributed by atoms with Gasteiger partial charge in [-0.25, -0.2) is 4.79 Å². The van der Waals surface area contributed by atoms with E-state index in [-0.39, 0.29) is 11.9 Å². The molecule has 0 aliphatic carbocycles. The minimum absolute atomic E-state index is 0.0812.